The van der Waals surface area contributed by atoms with E-state index in [4.69, 9.17) is 9.47 Å². The monoisotopic (exact) mass is 373 g/mol. The average molecular weight is 373 g/mol. The molecular weight excluding hydrogens is 354 g/mol. The van der Waals surface area contributed by atoms with E-state index in [0.29, 0.717) is 35.1 Å². The molecule has 0 atom stereocenters. The van der Waals surface area contributed by atoms with Gasteiger partial charge in [0.15, 0.2) is 17.1 Å². The van der Waals surface area contributed by atoms with Crippen LogP contribution < -0.4 is 14.8 Å². The number of methoxy groups -OCH3 is 2. The third-order valence-corrected chi connectivity index (χ3v) is 4.70. The molecule has 9 heteroatoms. The van der Waals surface area contributed by atoms with Gasteiger partial charge < -0.3 is 19.8 Å². The van der Waals surface area contributed by atoms with Crippen molar-refractivity contribution in [1.82, 2.24) is 25.3 Å². The molecule has 3 rings (SSSR count). The highest BCUT2D eigenvalue weighted by molar-refractivity contribution is 8.00. The van der Waals surface area contributed by atoms with Crippen LogP contribution in [0.15, 0.2) is 35.9 Å². The summed E-state index contributed by atoms with van der Waals surface area (Å²) in [4.78, 5) is 27.4. The zero-order valence-corrected chi connectivity index (χ0v) is 15.3. The molecule has 136 valence electrons. The van der Waals surface area contributed by atoms with Crippen molar-refractivity contribution >= 4 is 28.8 Å². The minimum atomic E-state index is -0.0539. The van der Waals surface area contributed by atoms with Crippen molar-refractivity contribution in [1.29, 1.82) is 0 Å². The van der Waals surface area contributed by atoms with E-state index in [1.54, 1.807) is 20.5 Å². The quantitative estimate of drug-likeness (QED) is 0.459. The van der Waals surface area contributed by atoms with Gasteiger partial charge in [-0.25, -0.2) is 15.0 Å². The molecule has 1 aromatic carbocycles. The maximum absolute atomic E-state index is 12.1. The Morgan fingerprint density at radius 3 is 2.85 bits per heavy atom. The first-order chi connectivity index (χ1) is 12.7. The van der Waals surface area contributed by atoms with Crippen molar-refractivity contribution in [2.45, 2.75) is 11.4 Å². The smallest absolute Gasteiger partial charge is 0.230 e. The van der Waals surface area contributed by atoms with E-state index in [9.17, 15) is 4.79 Å². The molecule has 0 saturated heterocycles. The Bertz CT molecular complexity index is 899. The van der Waals surface area contributed by atoms with Crippen LogP contribution in [0.3, 0.4) is 0 Å². The molecule has 0 bridgehead atoms. The van der Waals surface area contributed by atoms with Crippen LogP contribution in [0.5, 0.6) is 11.5 Å². The highest BCUT2D eigenvalue weighted by Gasteiger charge is 2.09. The SMILES string of the molecule is COc1ccc(CCNC(=O)CSc2ncnc3nc[nH]c23)cc1OC. The van der Waals surface area contributed by atoms with Crippen molar-refractivity contribution in [3.05, 3.63) is 36.4 Å². The summed E-state index contributed by atoms with van der Waals surface area (Å²) in [7, 11) is 3.20. The predicted molar refractivity (Wildman–Crippen MR) is 98.7 cm³/mol. The Kier molecular flexibility index (Phi) is 5.90. The third kappa shape index (κ3) is 4.23. The number of benzene rings is 1. The molecule has 8 nitrogen and oxygen atoms in total. The van der Waals surface area contributed by atoms with Crippen LogP contribution in [0.1, 0.15) is 5.56 Å². The number of hydrogen-bond acceptors (Lipinski definition) is 7. The molecule has 3 aromatic rings. The molecule has 26 heavy (non-hydrogen) atoms. The van der Waals surface area contributed by atoms with Gasteiger partial charge in [-0.15, -0.1) is 0 Å². The number of nitrogens with one attached hydrogen (secondary N) is 2. The summed E-state index contributed by atoms with van der Waals surface area (Å²) in [6.45, 7) is 0.540. The molecule has 0 aliphatic carbocycles. The molecule has 0 aliphatic heterocycles. The fourth-order valence-corrected chi connectivity index (χ4v) is 3.21. The van der Waals surface area contributed by atoms with Gasteiger partial charge in [0.2, 0.25) is 5.91 Å². The second kappa shape index (κ2) is 8.52. The van der Waals surface area contributed by atoms with E-state index < -0.39 is 0 Å². The van der Waals surface area contributed by atoms with Crippen molar-refractivity contribution < 1.29 is 14.3 Å². The van der Waals surface area contributed by atoms with Crippen LogP contribution in [-0.4, -0.2) is 52.4 Å². The molecule has 0 aliphatic rings. The van der Waals surface area contributed by atoms with E-state index in [0.717, 1.165) is 11.1 Å². The first-order valence-corrected chi connectivity index (χ1v) is 8.94. The minimum Gasteiger partial charge on any atom is -0.493 e. The van der Waals surface area contributed by atoms with Gasteiger partial charge in [-0.3, -0.25) is 4.79 Å². The van der Waals surface area contributed by atoms with Gasteiger partial charge in [0.1, 0.15) is 16.9 Å². The summed E-state index contributed by atoms with van der Waals surface area (Å²) in [5.41, 5.74) is 2.40. The number of imidazole rings is 1. The second-order valence-corrected chi connectivity index (χ2v) is 6.32. The largest absolute Gasteiger partial charge is 0.493 e. The Labute approximate surface area is 154 Å². The van der Waals surface area contributed by atoms with Crippen LogP contribution in [0.4, 0.5) is 0 Å². The molecule has 0 fully saturated rings. The van der Waals surface area contributed by atoms with Crippen molar-refractivity contribution in [3.8, 4) is 11.5 Å². The number of rotatable bonds is 8. The number of nitrogens with zero attached hydrogens (tertiary/aromatic N) is 3. The van der Waals surface area contributed by atoms with Gasteiger partial charge in [0.25, 0.3) is 0 Å². The van der Waals surface area contributed by atoms with Crippen molar-refractivity contribution in [3.63, 3.8) is 0 Å². The van der Waals surface area contributed by atoms with Crippen LogP contribution in [0, 0.1) is 0 Å². The lowest BCUT2D eigenvalue weighted by Crippen LogP contribution is -2.27. The fourth-order valence-electron chi connectivity index (χ4n) is 2.42. The van der Waals surface area contributed by atoms with E-state index >= 15 is 0 Å². The summed E-state index contributed by atoms with van der Waals surface area (Å²) in [6, 6.07) is 5.73. The Balaban J connectivity index is 1.48. The highest BCUT2D eigenvalue weighted by Crippen LogP contribution is 2.27. The van der Waals surface area contributed by atoms with Crippen molar-refractivity contribution in [2.75, 3.05) is 26.5 Å². The number of carbonyl (C=O) groups is 1. The Morgan fingerprint density at radius 1 is 1.19 bits per heavy atom. The fraction of sp³-hybridized carbons (Fsp3) is 0.294. The lowest BCUT2D eigenvalue weighted by Gasteiger charge is -2.10. The zero-order chi connectivity index (χ0) is 18.4. The number of ether oxygens (including phenoxy) is 2. The van der Waals surface area contributed by atoms with Crippen LogP contribution >= 0.6 is 11.8 Å². The van der Waals surface area contributed by atoms with Crippen LogP contribution in [0.2, 0.25) is 0 Å². The van der Waals surface area contributed by atoms with Gasteiger partial charge in [-0.2, -0.15) is 0 Å². The molecular formula is C17H19N5O3S. The second-order valence-electron chi connectivity index (χ2n) is 5.36. The summed E-state index contributed by atoms with van der Waals surface area (Å²) >= 11 is 1.35. The van der Waals surface area contributed by atoms with Gasteiger partial charge in [-0.1, -0.05) is 17.8 Å². The average Bonchev–Trinajstić information content (AvgIpc) is 3.15. The van der Waals surface area contributed by atoms with E-state index in [1.807, 2.05) is 18.2 Å². The number of H-pyrrole nitrogens is 1. The molecule has 0 radical (unpaired) electrons. The van der Waals surface area contributed by atoms with Crippen LogP contribution in [-0.2, 0) is 11.2 Å². The molecule has 2 heterocycles. The normalized spacial score (nSPS) is 10.7. The predicted octanol–water partition coefficient (Wildman–Crippen LogP) is 1.82. The first kappa shape index (κ1) is 18.0. The molecule has 2 N–H and O–H groups in total. The first-order valence-electron chi connectivity index (χ1n) is 7.95. The molecule has 2 aromatic heterocycles. The number of carbonyl (C=O) groups excluding carboxylic acids is 1. The number of thioether (sulfide) groups is 1. The maximum atomic E-state index is 12.1. The summed E-state index contributed by atoms with van der Waals surface area (Å²) < 4.78 is 10.5. The summed E-state index contributed by atoms with van der Waals surface area (Å²) in [5.74, 6) is 1.59. The summed E-state index contributed by atoms with van der Waals surface area (Å²) in [6.07, 6.45) is 3.71. The molecule has 1 amide bonds. The number of amides is 1. The van der Waals surface area contributed by atoms with Gasteiger partial charge in [0.05, 0.1) is 26.3 Å². The summed E-state index contributed by atoms with van der Waals surface area (Å²) in [5, 5.41) is 3.62. The van der Waals surface area contributed by atoms with Crippen molar-refractivity contribution in [2.24, 2.45) is 0 Å². The number of aromatic nitrogens is 4. The van der Waals surface area contributed by atoms with E-state index in [1.165, 1.54) is 18.1 Å². The number of fused-ring (bicyclic) bond motifs is 1. The molecule has 0 spiro atoms. The Hall–Kier alpha value is -2.81. The molecule has 0 saturated carbocycles. The highest BCUT2D eigenvalue weighted by atomic mass is 32.2. The van der Waals surface area contributed by atoms with E-state index in [-0.39, 0.29) is 11.7 Å². The third-order valence-electron chi connectivity index (χ3n) is 3.71. The maximum Gasteiger partial charge on any atom is 0.230 e. The number of aromatic amines is 1. The van der Waals surface area contributed by atoms with E-state index in [2.05, 4.69) is 25.3 Å². The zero-order valence-electron chi connectivity index (χ0n) is 14.5. The van der Waals surface area contributed by atoms with Gasteiger partial charge in [0, 0.05) is 6.54 Å². The Morgan fingerprint density at radius 2 is 2.04 bits per heavy atom. The molecule has 0 unspecified atom stereocenters. The standard InChI is InChI=1S/C17H19N5O3S/c1-24-12-4-3-11(7-13(12)25-2)5-6-18-14(23)8-26-17-15-16(20-9-19-15)21-10-22-17/h3-4,7,9-10H,5-6,8H2,1-2H3,(H,18,23)(H,19,20,21,22). The minimum absolute atomic E-state index is 0.0539. The number of hydrogen-bond donors (Lipinski definition) is 2. The topological polar surface area (TPSA) is 102 Å². The lowest BCUT2D eigenvalue weighted by molar-refractivity contribution is -0.118. The lowest BCUT2D eigenvalue weighted by atomic mass is 10.1. The van der Waals surface area contributed by atoms with Crippen LogP contribution in [0.25, 0.3) is 11.2 Å². The van der Waals surface area contributed by atoms with Gasteiger partial charge in [-0.05, 0) is 24.1 Å². The van der Waals surface area contributed by atoms with Gasteiger partial charge >= 0.3 is 0 Å².